The maximum absolute atomic E-state index is 13.4. The van der Waals surface area contributed by atoms with Crippen molar-refractivity contribution in [3.63, 3.8) is 0 Å². The fourth-order valence-corrected chi connectivity index (χ4v) is 5.15. The second kappa shape index (κ2) is 8.56. The molecule has 0 bridgehead atoms. The lowest BCUT2D eigenvalue weighted by molar-refractivity contribution is -0.154. The molecule has 3 unspecified atom stereocenters. The molecule has 4 aliphatic rings. The number of likely N-dealkylation sites (tertiary alicyclic amines) is 2. The molecule has 3 heterocycles. The molecular weight excluding hydrogens is 372 g/mol. The van der Waals surface area contributed by atoms with Gasteiger partial charge in [0.2, 0.25) is 17.7 Å². The number of carbonyl (C=O) groups excluding carboxylic acids is 3. The van der Waals surface area contributed by atoms with Crippen molar-refractivity contribution in [2.24, 2.45) is 23.7 Å². The number of fused-ring (bicyclic) bond motifs is 1. The van der Waals surface area contributed by atoms with Crippen LogP contribution in [0.4, 0.5) is 0 Å². The van der Waals surface area contributed by atoms with E-state index in [9.17, 15) is 14.4 Å². The van der Waals surface area contributed by atoms with Crippen molar-refractivity contribution in [1.82, 2.24) is 9.80 Å². The summed E-state index contributed by atoms with van der Waals surface area (Å²) >= 11 is 0. The van der Waals surface area contributed by atoms with E-state index in [0.29, 0.717) is 51.5 Å². The molecule has 7 heteroatoms. The Kier molecular flexibility index (Phi) is 6.06. The second-order valence-electron chi connectivity index (χ2n) is 9.12. The van der Waals surface area contributed by atoms with E-state index in [4.69, 9.17) is 9.47 Å². The zero-order chi connectivity index (χ0) is 20.5. The van der Waals surface area contributed by atoms with Crippen LogP contribution in [-0.4, -0.2) is 66.2 Å². The van der Waals surface area contributed by atoms with Gasteiger partial charge in [-0.15, -0.1) is 0 Å². The van der Waals surface area contributed by atoms with Gasteiger partial charge in [0.05, 0.1) is 25.0 Å². The van der Waals surface area contributed by atoms with Gasteiger partial charge in [0.25, 0.3) is 0 Å². The quantitative estimate of drug-likeness (QED) is 0.517. The lowest BCUT2D eigenvalue weighted by Gasteiger charge is -2.37. The standard InChI is InChI=1S/C22H32N2O5/c1-14(2)13-18(24-19(25)16-5-3-4-6-17(16)20(24)26)21(27)23-9-7-15(8-10-23)22-28-11-12-29-22/h3-4,14-18,22H,5-13H2,1-2H3. The minimum atomic E-state index is -0.684. The molecule has 3 saturated heterocycles. The maximum Gasteiger partial charge on any atom is 0.245 e. The Labute approximate surface area is 172 Å². The summed E-state index contributed by atoms with van der Waals surface area (Å²) < 4.78 is 11.2. The first-order valence-electron chi connectivity index (χ1n) is 11.0. The summed E-state index contributed by atoms with van der Waals surface area (Å²) in [4.78, 5) is 42.7. The van der Waals surface area contributed by atoms with E-state index in [-0.39, 0.29) is 41.8 Å². The predicted octanol–water partition coefficient (Wildman–Crippen LogP) is 1.96. The number of amides is 3. The zero-order valence-corrected chi connectivity index (χ0v) is 17.4. The lowest BCUT2D eigenvalue weighted by atomic mass is 9.85. The maximum atomic E-state index is 13.4. The first-order valence-corrected chi connectivity index (χ1v) is 11.0. The predicted molar refractivity (Wildman–Crippen MR) is 105 cm³/mol. The van der Waals surface area contributed by atoms with E-state index in [2.05, 4.69) is 0 Å². The molecule has 0 aromatic carbocycles. The van der Waals surface area contributed by atoms with Gasteiger partial charge in [-0.05, 0) is 38.0 Å². The molecular formula is C22H32N2O5. The first-order chi connectivity index (χ1) is 14.0. The number of carbonyl (C=O) groups is 3. The largest absolute Gasteiger partial charge is 0.350 e. The molecule has 160 valence electrons. The Morgan fingerprint density at radius 2 is 1.59 bits per heavy atom. The zero-order valence-electron chi connectivity index (χ0n) is 17.4. The summed E-state index contributed by atoms with van der Waals surface area (Å²) in [5.41, 5.74) is 0. The first kappa shape index (κ1) is 20.5. The number of imide groups is 1. The van der Waals surface area contributed by atoms with E-state index < -0.39 is 6.04 Å². The van der Waals surface area contributed by atoms with Gasteiger partial charge < -0.3 is 14.4 Å². The number of hydrogen-bond acceptors (Lipinski definition) is 5. The molecule has 3 amide bonds. The average Bonchev–Trinajstić information content (AvgIpc) is 3.34. The molecule has 3 aliphatic heterocycles. The second-order valence-corrected chi connectivity index (χ2v) is 9.12. The van der Waals surface area contributed by atoms with Gasteiger partial charge in [-0.2, -0.15) is 0 Å². The summed E-state index contributed by atoms with van der Waals surface area (Å²) in [6.45, 7) is 6.56. The molecule has 4 rings (SSSR count). The van der Waals surface area contributed by atoms with Crippen LogP contribution < -0.4 is 0 Å². The van der Waals surface area contributed by atoms with E-state index in [1.165, 1.54) is 4.90 Å². The molecule has 0 radical (unpaired) electrons. The Hall–Kier alpha value is -1.73. The van der Waals surface area contributed by atoms with Crippen molar-refractivity contribution < 1.29 is 23.9 Å². The summed E-state index contributed by atoms with van der Waals surface area (Å²) in [7, 11) is 0. The van der Waals surface area contributed by atoms with Crippen LogP contribution in [0.3, 0.4) is 0 Å². The molecule has 0 spiro atoms. The fraction of sp³-hybridized carbons (Fsp3) is 0.773. The van der Waals surface area contributed by atoms with Crippen molar-refractivity contribution in [3.8, 4) is 0 Å². The molecule has 3 atom stereocenters. The summed E-state index contributed by atoms with van der Waals surface area (Å²) in [6, 6.07) is -0.684. The highest BCUT2D eigenvalue weighted by Crippen LogP contribution is 2.37. The van der Waals surface area contributed by atoms with Crippen LogP contribution in [-0.2, 0) is 23.9 Å². The summed E-state index contributed by atoms with van der Waals surface area (Å²) in [6.07, 6.45) is 7.15. The highest BCUT2D eigenvalue weighted by atomic mass is 16.7. The number of piperidine rings is 1. The SMILES string of the molecule is CC(C)CC(C(=O)N1CCC(C2OCCO2)CC1)N1C(=O)C2CC=CCC2C1=O. The van der Waals surface area contributed by atoms with Crippen LogP contribution in [0.15, 0.2) is 12.2 Å². The lowest BCUT2D eigenvalue weighted by Crippen LogP contribution is -2.54. The molecule has 29 heavy (non-hydrogen) atoms. The van der Waals surface area contributed by atoms with Crippen LogP contribution in [0.2, 0.25) is 0 Å². The minimum absolute atomic E-state index is 0.0845. The van der Waals surface area contributed by atoms with Crippen LogP contribution in [0, 0.1) is 23.7 Å². The third kappa shape index (κ3) is 3.99. The number of hydrogen-bond donors (Lipinski definition) is 0. The van der Waals surface area contributed by atoms with Crippen molar-refractivity contribution in [2.75, 3.05) is 26.3 Å². The molecule has 7 nitrogen and oxygen atoms in total. The monoisotopic (exact) mass is 404 g/mol. The van der Waals surface area contributed by atoms with E-state index in [0.717, 1.165) is 12.8 Å². The Morgan fingerprint density at radius 3 is 2.10 bits per heavy atom. The van der Waals surface area contributed by atoms with Crippen molar-refractivity contribution in [2.45, 2.75) is 58.3 Å². The highest BCUT2D eigenvalue weighted by molar-refractivity contribution is 6.08. The number of ether oxygens (including phenoxy) is 2. The Morgan fingerprint density at radius 1 is 1.03 bits per heavy atom. The van der Waals surface area contributed by atoms with Crippen LogP contribution in [0.1, 0.15) is 46.0 Å². The topological polar surface area (TPSA) is 76.2 Å². The van der Waals surface area contributed by atoms with Gasteiger partial charge in [0, 0.05) is 19.0 Å². The fourth-order valence-electron chi connectivity index (χ4n) is 5.15. The van der Waals surface area contributed by atoms with Crippen LogP contribution >= 0.6 is 0 Å². The van der Waals surface area contributed by atoms with Crippen LogP contribution in [0.25, 0.3) is 0 Å². The molecule has 0 aromatic heterocycles. The van der Waals surface area contributed by atoms with E-state index in [1.807, 2.05) is 30.9 Å². The molecule has 0 N–H and O–H groups in total. The van der Waals surface area contributed by atoms with Gasteiger partial charge in [-0.25, -0.2) is 0 Å². The highest BCUT2D eigenvalue weighted by Gasteiger charge is 2.51. The van der Waals surface area contributed by atoms with Crippen LogP contribution in [0.5, 0.6) is 0 Å². The average molecular weight is 405 g/mol. The van der Waals surface area contributed by atoms with Gasteiger partial charge in [-0.1, -0.05) is 26.0 Å². The Balaban J connectivity index is 1.46. The number of rotatable bonds is 5. The molecule has 0 aromatic rings. The summed E-state index contributed by atoms with van der Waals surface area (Å²) in [5.74, 6) is -0.484. The minimum Gasteiger partial charge on any atom is -0.350 e. The van der Waals surface area contributed by atoms with Crippen molar-refractivity contribution >= 4 is 17.7 Å². The summed E-state index contributed by atoms with van der Waals surface area (Å²) in [5, 5.41) is 0. The van der Waals surface area contributed by atoms with E-state index in [1.54, 1.807) is 0 Å². The normalized spacial score (nSPS) is 29.8. The number of allylic oxidation sites excluding steroid dienone is 2. The molecule has 0 saturated carbocycles. The van der Waals surface area contributed by atoms with Gasteiger partial charge >= 0.3 is 0 Å². The van der Waals surface area contributed by atoms with Gasteiger partial charge in [-0.3, -0.25) is 19.3 Å². The van der Waals surface area contributed by atoms with Gasteiger partial charge in [0.15, 0.2) is 6.29 Å². The molecule has 1 aliphatic carbocycles. The Bertz CT molecular complexity index is 651. The van der Waals surface area contributed by atoms with Gasteiger partial charge in [0.1, 0.15) is 6.04 Å². The number of nitrogens with zero attached hydrogens (tertiary/aromatic N) is 2. The van der Waals surface area contributed by atoms with Crippen molar-refractivity contribution in [1.29, 1.82) is 0 Å². The third-order valence-corrected chi connectivity index (χ3v) is 6.72. The van der Waals surface area contributed by atoms with Crippen molar-refractivity contribution in [3.05, 3.63) is 12.2 Å². The molecule has 3 fully saturated rings. The smallest absolute Gasteiger partial charge is 0.245 e. The third-order valence-electron chi connectivity index (χ3n) is 6.72. The van der Waals surface area contributed by atoms with E-state index >= 15 is 0 Å².